The molecule has 2 N–H and O–H groups in total. The summed E-state index contributed by atoms with van der Waals surface area (Å²) in [5.41, 5.74) is 8.24. The molecule has 1 fully saturated rings. The lowest BCUT2D eigenvalue weighted by Gasteiger charge is -2.29. The van der Waals surface area contributed by atoms with E-state index in [1.165, 1.54) is 11.5 Å². The zero-order valence-electron chi connectivity index (χ0n) is 18.5. The molecule has 0 spiro atoms. The van der Waals surface area contributed by atoms with E-state index >= 15 is 0 Å². The van der Waals surface area contributed by atoms with E-state index in [0.717, 1.165) is 11.3 Å². The number of nitrogens with two attached hydrogens (primary N) is 1. The third-order valence-electron chi connectivity index (χ3n) is 5.48. The van der Waals surface area contributed by atoms with Crippen LogP contribution in [0.3, 0.4) is 0 Å². The summed E-state index contributed by atoms with van der Waals surface area (Å²) in [4.78, 5) is 32.7. The minimum absolute atomic E-state index is 0.0966. The van der Waals surface area contributed by atoms with Crippen LogP contribution in [0.15, 0.2) is 54.0 Å². The first-order chi connectivity index (χ1) is 16.0. The van der Waals surface area contributed by atoms with Gasteiger partial charge in [-0.2, -0.15) is 0 Å². The SMILES string of the molecule is C=C(CN)c1cc(N2CCOCC2)cn2c(=O)c(OCc3ccccc3)c(C(=O)OC)nc12. The molecule has 9 nitrogen and oxygen atoms in total. The molecule has 1 saturated heterocycles. The van der Waals surface area contributed by atoms with E-state index in [-0.39, 0.29) is 30.2 Å². The van der Waals surface area contributed by atoms with Gasteiger partial charge in [-0.3, -0.25) is 9.20 Å². The van der Waals surface area contributed by atoms with Crippen LogP contribution in [0.4, 0.5) is 5.69 Å². The third-order valence-corrected chi connectivity index (χ3v) is 5.48. The number of anilines is 1. The first kappa shape index (κ1) is 22.5. The van der Waals surface area contributed by atoms with Gasteiger partial charge >= 0.3 is 11.5 Å². The number of fused-ring (bicyclic) bond motifs is 1. The Hall–Kier alpha value is -3.69. The quantitative estimate of drug-likeness (QED) is 0.544. The minimum Gasteiger partial charge on any atom is -0.481 e. The second kappa shape index (κ2) is 9.85. The first-order valence-corrected chi connectivity index (χ1v) is 10.6. The van der Waals surface area contributed by atoms with Crippen molar-refractivity contribution in [1.82, 2.24) is 9.38 Å². The highest BCUT2D eigenvalue weighted by atomic mass is 16.5. The lowest BCUT2D eigenvalue weighted by atomic mass is 10.1. The number of rotatable bonds is 7. The van der Waals surface area contributed by atoms with E-state index in [0.29, 0.717) is 37.4 Å². The number of carbonyl (C=O) groups excluding carboxylic acids is 1. The van der Waals surface area contributed by atoms with Crippen LogP contribution in [0.25, 0.3) is 11.2 Å². The Kier molecular flexibility index (Phi) is 6.71. The van der Waals surface area contributed by atoms with Crippen LogP contribution in [-0.2, 0) is 16.1 Å². The molecular weight excluding hydrogens is 424 g/mol. The number of hydrogen-bond acceptors (Lipinski definition) is 8. The highest BCUT2D eigenvalue weighted by Crippen LogP contribution is 2.26. The Balaban J connectivity index is 1.90. The minimum atomic E-state index is -0.765. The number of ether oxygens (including phenoxy) is 3. The maximum absolute atomic E-state index is 13.6. The Labute approximate surface area is 191 Å². The molecule has 0 bridgehead atoms. The fourth-order valence-electron chi connectivity index (χ4n) is 3.67. The molecule has 2 aromatic heterocycles. The summed E-state index contributed by atoms with van der Waals surface area (Å²) in [6.45, 7) is 6.83. The predicted octanol–water partition coefficient (Wildman–Crippen LogP) is 1.87. The number of hydrogen-bond donors (Lipinski definition) is 1. The number of benzene rings is 1. The van der Waals surface area contributed by atoms with E-state index in [9.17, 15) is 9.59 Å². The Morgan fingerprint density at radius 1 is 1.24 bits per heavy atom. The molecule has 1 aromatic carbocycles. The number of pyridine rings is 1. The first-order valence-electron chi connectivity index (χ1n) is 10.6. The van der Waals surface area contributed by atoms with E-state index in [1.807, 2.05) is 36.4 Å². The predicted molar refractivity (Wildman–Crippen MR) is 125 cm³/mol. The van der Waals surface area contributed by atoms with Crippen molar-refractivity contribution in [3.63, 3.8) is 0 Å². The molecule has 0 aliphatic carbocycles. The smallest absolute Gasteiger partial charge is 0.360 e. The van der Waals surface area contributed by atoms with Gasteiger partial charge in [0.2, 0.25) is 5.75 Å². The summed E-state index contributed by atoms with van der Waals surface area (Å²) in [5, 5.41) is 0. The summed E-state index contributed by atoms with van der Waals surface area (Å²) >= 11 is 0. The van der Waals surface area contributed by atoms with Crippen molar-refractivity contribution in [2.24, 2.45) is 5.73 Å². The summed E-state index contributed by atoms with van der Waals surface area (Å²) in [6, 6.07) is 11.2. The Morgan fingerprint density at radius 2 is 1.97 bits per heavy atom. The van der Waals surface area contributed by atoms with E-state index in [1.54, 1.807) is 6.20 Å². The van der Waals surface area contributed by atoms with Crippen molar-refractivity contribution < 1.29 is 19.0 Å². The molecule has 4 rings (SSSR count). The molecule has 0 atom stereocenters. The molecular formula is C24H26N4O5. The summed E-state index contributed by atoms with van der Waals surface area (Å²) in [7, 11) is 1.23. The standard InChI is InChI=1S/C24H26N4O5/c1-16(13-25)19-12-18(27-8-10-32-11-9-27)14-28-22(19)26-20(24(30)31-2)21(23(28)29)33-15-17-6-4-3-5-7-17/h3-7,12,14H,1,8-11,13,15,25H2,2H3. The second-order valence-electron chi connectivity index (χ2n) is 7.57. The zero-order chi connectivity index (χ0) is 23.4. The number of esters is 1. The second-order valence-corrected chi connectivity index (χ2v) is 7.57. The van der Waals surface area contributed by atoms with Crippen molar-refractivity contribution in [3.05, 3.63) is 76.3 Å². The lowest BCUT2D eigenvalue weighted by Crippen LogP contribution is -2.36. The molecule has 172 valence electrons. The molecule has 1 aliphatic heterocycles. The third kappa shape index (κ3) is 4.59. The molecule has 9 heteroatoms. The molecule has 3 aromatic rings. The van der Waals surface area contributed by atoms with Crippen LogP contribution in [0, 0.1) is 0 Å². The largest absolute Gasteiger partial charge is 0.481 e. The average Bonchev–Trinajstić information content (AvgIpc) is 2.87. The topological polar surface area (TPSA) is 108 Å². The summed E-state index contributed by atoms with van der Waals surface area (Å²) < 4.78 is 17.5. The number of aromatic nitrogens is 2. The van der Waals surface area contributed by atoms with Crippen molar-refractivity contribution >= 4 is 22.9 Å². The van der Waals surface area contributed by atoms with Gasteiger partial charge in [0.25, 0.3) is 0 Å². The fraction of sp³-hybridized carbons (Fsp3) is 0.292. The molecule has 3 heterocycles. The van der Waals surface area contributed by atoms with Crippen LogP contribution in [0.5, 0.6) is 5.75 Å². The van der Waals surface area contributed by atoms with Crippen LogP contribution >= 0.6 is 0 Å². The van der Waals surface area contributed by atoms with Crippen molar-refractivity contribution in [3.8, 4) is 5.75 Å². The Morgan fingerprint density at radius 3 is 2.64 bits per heavy atom. The van der Waals surface area contributed by atoms with E-state index < -0.39 is 11.5 Å². The molecule has 0 radical (unpaired) electrons. The number of methoxy groups -OCH3 is 1. The van der Waals surface area contributed by atoms with Gasteiger partial charge in [-0.15, -0.1) is 0 Å². The normalized spacial score (nSPS) is 13.7. The molecule has 0 unspecified atom stereocenters. The Bertz CT molecular complexity index is 1230. The van der Waals surface area contributed by atoms with Gasteiger partial charge in [-0.25, -0.2) is 9.78 Å². The maximum atomic E-state index is 13.6. The monoisotopic (exact) mass is 450 g/mol. The van der Waals surface area contributed by atoms with Gasteiger partial charge in [0.1, 0.15) is 12.3 Å². The number of nitrogens with zero attached hydrogens (tertiary/aromatic N) is 3. The van der Waals surface area contributed by atoms with E-state index in [2.05, 4.69) is 16.5 Å². The van der Waals surface area contributed by atoms with Crippen molar-refractivity contribution in [2.75, 3.05) is 44.9 Å². The molecule has 33 heavy (non-hydrogen) atoms. The lowest BCUT2D eigenvalue weighted by molar-refractivity contribution is 0.0588. The zero-order valence-corrected chi connectivity index (χ0v) is 18.5. The van der Waals surface area contributed by atoms with Crippen molar-refractivity contribution in [1.29, 1.82) is 0 Å². The van der Waals surface area contributed by atoms with Gasteiger partial charge < -0.3 is 24.8 Å². The van der Waals surface area contributed by atoms with Crippen LogP contribution < -0.4 is 20.9 Å². The summed E-state index contributed by atoms with van der Waals surface area (Å²) in [5.74, 6) is -0.939. The van der Waals surface area contributed by atoms with Gasteiger partial charge in [-0.05, 0) is 17.2 Å². The summed E-state index contributed by atoms with van der Waals surface area (Å²) in [6.07, 6.45) is 1.69. The molecule has 1 aliphatic rings. The number of morpholine rings is 1. The van der Waals surface area contributed by atoms with E-state index in [4.69, 9.17) is 19.9 Å². The average molecular weight is 450 g/mol. The van der Waals surface area contributed by atoms with Crippen LogP contribution in [-0.4, -0.2) is 55.3 Å². The molecule has 0 saturated carbocycles. The molecule has 0 amide bonds. The number of carbonyl (C=O) groups is 1. The maximum Gasteiger partial charge on any atom is 0.360 e. The van der Waals surface area contributed by atoms with Crippen LogP contribution in [0.1, 0.15) is 21.6 Å². The van der Waals surface area contributed by atoms with Crippen LogP contribution in [0.2, 0.25) is 0 Å². The van der Waals surface area contributed by atoms with Gasteiger partial charge in [0, 0.05) is 31.4 Å². The van der Waals surface area contributed by atoms with Gasteiger partial charge in [0.05, 0.1) is 26.0 Å². The highest BCUT2D eigenvalue weighted by Gasteiger charge is 2.24. The van der Waals surface area contributed by atoms with Gasteiger partial charge in [0.15, 0.2) is 5.69 Å². The van der Waals surface area contributed by atoms with Crippen molar-refractivity contribution in [2.45, 2.75) is 6.61 Å². The fourth-order valence-corrected chi connectivity index (χ4v) is 3.67. The van der Waals surface area contributed by atoms with Gasteiger partial charge in [-0.1, -0.05) is 36.9 Å². The highest BCUT2D eigenvalue weighted by molar-refractivity contribution is 5.91.